The fraction of sp³-hybridized carbons (Fsp3) is 0.647. The Balaban J connectivity index is 2.08. The molecule has 1 saturated heterocycles. The third-order valence-electron chi connectivity index (χ3n) is 4.70. The van der Waals surface area contributed by atoms with Crippen LogP contribution in [-0.4, -0.2) is 23.3 Å². The number of hydrogen-bond donors (Lipinski definition) is 2. The molecule has 3 atom stereocenters. The minimum atomic E-state index is -0.616. The van der Waals surface area contributed by atoms with Crippen molar-refractivity contribution in [3.63, 3.8) is 0 Å². The van der Waals surface area contributed by atoms with Crippen LogP contribution in [0.5, 0.6) is 0 Å². The highest BCUT2D eigenvalue weighted by atomic mass is 16.3. The zero-order chi connectivity index (χ0) is 13.7. The Hall–Kier alpha value is -0.860. The Morgan fingerprint density at radius 1 is 1.26 bits per heavy atom. The van der Waals surface area contributed by atoms with E-state index in [1.807, 2.05) is 6.07 Å². The van der Waals surface area contributed by atoms with Crippen LogP contribution in [0.1, 0.15) is 45.1 Å². The first-order valence-electron chi connectivity index (χ1n) is 7.67. The van der Waals surface area contributed by atoms with Crippen molar-refractivity contribution in [1.29, 1.82) is 0 Å². The van der Waals surface area contributed by atoms with Gasteiger partial charge < -0.3 is 10.4 Å². The van der Waals surface area contributed by atoms with Gasteiger partial charge in [-0.15, -0.1) is 0 Å². The summed E-state index contributed by atoms with van der Waals surface area (Å²) in [6, 6.07) is 10.6. The van der Waals surface area contributed by atoms with Gasteiger partial charge in [-0.3, -0.25) is 0 Å². The maximum absolute atomic E-state index is 11.0. The average Bonchev–Trinajstić information content (AvgIpc) is 2.48. The van der Waals surface area contributed by atoms with Gasteiger partial charge in [0.1, 0.15) is 0 Å². The van der Waals surface area contributed by atoms with Gasteiger partial charge in [0.15, 0.2) is 0 Å². The summed E-state index contributed by atoms with van der Waals surface area (Å²) in [5.41, 5.74) is 0.613. The van der Waals surface area contributed by atoms with Gasteiger partial charge >= 0.3 is 0 Å². The van der Waals surface area contributed by atoms with Crippen molar-refractivity contribution in [3.8, 4) is 0 Å². The van der Waals surface area contributed by atoms with Crippen LogP contribution in [-0.2, 0) is 6.42 Å². The van der Waals surface area contributed by atoms with Crippen LogP contribution in [0.15, 0.2) is 30.3 Å². The molecule has 106 valence electrons. The van der Waals surface area contributed by atoms with Gasteiger partial charge in [-0.25, -0.2) is 0 Å². The van der Waals surface area contributed by atoms with E-state index < -0.39 is 5.60 Å². The van der Waals surface area contributed by atoms with Crippen LogP contribution in [0.2, 0.25) is 0 Å². The van der Waals surface area contributed by atoms with Crippen molar-refractivity contribution in [3.05, 3.63) is 35.9 Å². The third kappa shape index (κ3) is 3.58. The van der Waals surface area contributed by atoms with E-state index in [4.69, 9.17) is 0 Å². The quantitative estimate of drug-likeness (QED) is 0.853. The molecule has 1 fully saturated rings. The van der Waals surface area contributed by atoms with E-state index in [9.17, 15) is 5.11 Å². The number of nitrogens with one attached hydrogen (secondary N) is 1. The van der Waals surface area contributed by atoms with Gasteiger partial charge in [0.25, 0.3) is 0 Å². The normalized spacial score (nSPS) is 26.9. The smallest absolute Gasteiger partial charge is 0.0837 e. The minimum absolute atomic E-state index is 0.233. The first-order valence-corrected chi connectivity index (χ1v) is 7.67. The van der Waals surface area contributed by atoms with Gasteiger partial charge in [0.05, 0.1) is 5.60 Å². The second-order valence-electron chi connectivity index (χ2n) is 5.92. The van der Waals surface area contributed by atoms with Gasteiger partial charge in [0.2, 0.25) is 0 Å². The standard InChI is InChI=1S/C17H27NO/c1-3-14-10-11-18-16(12-14)17(19,4-2)13-15-8-6-5-7-9-15/h5-9,14,16,18-19H,3-4,10-13H2,1-2H3. The fourth-order valence-corrected chi connectivity index (χ4v) is 3.22. The topological polar surface area (TPSA) is 32.3 Å². The Morgan fingerprint density at radius 3 is 2.63 bits per heavy atom. The van der Waals surface area contributed by atoms with Crippen molar-refractivity contribution in [2.45, 2.75) is 57.6 Å². The Morgan fingerprint density at radius 2 is 2.00 bits per heavy atom. The van der Waals surface area contributed by atoms with E-state index in [2.05, 4.69) is 43.4 Å². The summed E-state index contributed by atoms with van der Waals surface area (Å²) in [6.45, 7) is 5.40. The third-order valence-corrected chi connectivity index (χ3v) is 4.70. The molecule has 1 aliphatic heterocycles. The summed E-state index contributed by atoms with van der Waals surface area (Å²) in [6.07, 6.45) is 5.13. The molecule has 1 aliphatic rings. The highest BCUT2D eigenvalue weighted by Gasteiger charge is 2.37. The summed E-state index contributed by atoms with van der Waals surface area (Å²) >= 11 is 0. The predicted molar refractivity (Wildman–Crippen MR) is 80.2 cm³/mol. The molecule has 2 N–H and O–H groups in total. The summed E-state index contributed by atoms with van der Waals surface area (Å²) in [4.78, 5) is 0. The fourth-order valence-electron chi connectivity index (χ4n) is 3.22. The molecule has 0 bridgehead atoms. The van der Waals surface area contributed by atoms with Crippen LogP contribution in [0.4, 0.5) is 0 Å². The summed E-state index contributed by atoms with van der Waals surface area (Å²) < 4.78 is 0. The summed E-state index contributed by atoms with van der Waals surface area (Å²) in [5, 5.41) is 14.6. The highest BCUT2D eigenvalue weighted by molar-refractivity contribution is 5.18. The van der Waals surface area contributed by atoms with Crippen LogP contribution in [0.3, 0.4) is 0 Å². The molecule has 0 saturated carbocycles. The zero-order valence-electron chi connectivity index (χ0n) is 12.2. The van der Waals surface area contributed by atoms with Crippen molar-refractivity contribution in [2.75, 3.05) is 6.54 Å². The first kappa shape index (κ1) is 14.5. The molecule has 19 heavy (non-hydrogen) atoms. The molecule has 0 radical (unpaired) electrons. The molecule has 0 aliphatic carbocycles. The van der Waals surface area contributed by atoms with Gasteiger partial charge in [-0.2, -0.15) is 0 Å². The van der Waals surface area contributed by atoms with E-state index >= 15 is 0 Å². The lowest BCUT2D eigenvalue weighted by Crippen LogP contribution is -2.55. The SMILES string of the molecule is CCC1CCNC(C(O)(CC)Cc2ccccc2)C1. The van der Waals surface area contributed by atoms with Crippen LogP contribution in [0.25, 0.3) is 0 Å². The lowest BCUT2D eigenvalue weighted by atomic mass is 9.77. The lowest BCUT2D eigenvalue weighted by Gasteiger charge is -2.41. The molecular weight excluding hydrogens is 234 g/mol. The molecule has 2 heteroatoms. The average molecular weight is 261 g/mol. The zero-order valence-corrected chi connectivity index (χ0v) is 12.2. The lowest BCUT2D eigenvalue weighted by molar-refractivity contribution is -0.0181. The molecule has 1 aromatic carbocycles. The van der Waals surface area contributed by atoms with Crippen LogP contribution < -0.4 is 5.32 Å². The molecule has 0 amide bonds. The summed E-state index contributed by atoms with van der Waals surface area (Å²) in [7, 11) is 0. The molecule has 0 aromatic heterocycles. The second kappa shape index (κ2) is 6.53. The van der Waals surface area contributed by atoms with Crippen molar-refractivity contribution >= 4 is 0 Å². The molecule has 2 nitrogen and oxygen atoms in total. The van der Waals surface area contributed by atoms with Crippen molar-refractivity contribution in [2.24, 2.45) is 5.92 Å². The Labute approximate surface area is 117 Å². The minimum Gasteiger partial charge on any atom is -0.388 e. The highest BCUT2D eigenvalue weighted by Crippen LogP contribution is 2.30. The van der Waals surface area contributed by atoms with Crippen LogP contribution in [0, 0.1) is 5.92 Å². The Bertz CT molecular complexity index is 378. The molecule has 2 rings (SSSR count). The van der Waals surface area contributed by atoms with E-state index in [-0.39, 0.29) is 6.04 Å². The summed E-state index contributed by atoms with van der Waals surface area (Å²) in [5.74, 6) is 0.764. The molecule has 1 heterocycles. The Kier molecular flexibility index (Phi) is 5.00. The number of piperidine rings is 1. The van der Waals surface area contributed by atoms with Gasteiger partial charge in [-0.1, -0.05) is 50.6 Å². The molecule has 0 spiro atoms. The van der Waals surface area contributed by atoms with Crippen molar-refractivity contribution < 1.29 is 5.11 Å². The molecular formula is C17H27NO. The maximum atomic E-state index is 11.0. The number of benzene rings is 1. The van der Waals surface area contributed by atoms with E-state index in [1.54, 1.807) is 0 Å². The second-order valence-corrected chi connectivity index (χ2v) is 5.92. The van der Waals surface area contributed by atoms with E-state index in [0.29, 0.717) is 0 Å². The first-order chi connectivity index (χ1) is 9.18. The number of rotatable bonds is 5. The van der Waals surface area contributed by atoms with E-state index in [0.717, 1.165) is 31.7 Å². The van der Waals surface area contributed by atoms with E-state index in [1.165, 1.54) is 18.4 Å². The van der Waals surface area contributed by atoms with Crippen molar-refractivity contribution in [1.82, 2.24) is 5.32 Å². The van der Waals surface area contributed by atoms with Gasteiger partial charge in [0, 0.05) is 12.5 Å². The number of hydrogen-bond acceptors (Lipinski definition) is 2. The number of aliphatic hydroxyl groups is 1. The van der Waals surface area contributed by atoms with Crippen LogP contribution >= 0.6 is 0 Å². The van der Waals surface area contributed by atoms with Gasteiger partial charge in [-0.05, 0) is 37.3 Å². The molecule has 1 aromatic rings. The monoisotopic (exact) mass is 261 g/mol. The molecule has 3 unspecified atom stereocenters. The largest absolute Gasteiger partial charge is 0.388 e. The maximum Gasteiger partial charge on any atom is 0.0837 e. The predicted octanol–water partition coefficient (Wildman–Crippen LogP) is 3.15.